The van der Waals surface area contributed by atoms with E-state index in [-0.39, 0.29) is 48.5 Å². The average Bonchev–Trinajstić information content (AvgIpc) is 3.46. The molecule has 0 aromatic heterocycles. The Hall–Kier alpha value is -3.88. The Morgan fingerprint density at radius 2 is 1.70 bits per heavy atom. The van der Waals surface area contributed by atoms with Crippen molar-refractivity contribution < 1.29 is 58.6 Å². The van der Waals surface area contributed by atoms with Crippen LogP contribution in [-0.2, 0) is 38.1 Å². The molecule has 0 spiro atoms. The van der Waals surface area contributed by atoms with E-state index in [1.165, 1.54) is 7.11 Å². The molecule has 57 heavy (non-hydrogen) atoms. The molecule has 1 amide bonds. The fourth-order valence-electron chi connectivity index (χ4n) is 7.98. The molecule has 3 aliphatic rings. The first-order valence-corrected chi connectivity index (χ1v) is 20.0. The van der Waals surface area contributed by atoms with E-state index in [0.29, 0.717) is 12.0 Å². The van der Waals surface area contributed by atoms with Crippen molar-refractivity contribution in [2.24, 2.45) is 35.5 Å². The van der Waals surface area contributed by atoms with Gasteiger partial charge < -0.3 is 44.7 Å². The molecule has 318 valence electrons. The largest absolute Gasteiger partial charge is 0.510 e. The summed E-state index contributed by atoms with van der Waals surface area (Å²) in [5, 5.41) is 47.3. The Bertz CT molecular complexity index is 1650. The summed E-state index contributed by atoms with van der Waals surface area (Å²) in [6.45, 7) is 18.3. The van der Waals surface area contributed by atoms with Gasteiger partial charge in [0, 0.05) is 67.8 Å². The van der Waals surface area contributed by atoms with Crippen molar-refractivity contribution in [2.75, 3.05) is 7.11 Å². The zero-order chi connectivity index (χ0) is 42.9. The molecule has 0 aromatic carbocycles. The Labute approximate surface area is 337 Å². The van der Waals surface area contributed by atoms with Crippen molar-refractivity contribution in [3.8, 4) is 0 Å². The van der Waals surface area contributed by atoms with Crippen LogP contribution in [0.5, 0.6) is 0 Å². The molecule has 0 radical (unpaired) electrons. The summed E-state index contributed by atoms with van der Waals surface area (Å²) in [6, 6.07) is 0. The van der Waals surface area contributed by atoms with E-state index in [0.717, 1.165) is 23.3 Å². The summed E-state index contributed by atoms with van der Waals surface area (Å²) in [4.78, 5) is 51.0. The fourth-order valence-corrected chi connectivity index (χ4v) is 7.98. The van der Waals surface area contributed by atoms with E-state index in [1.807, 2.05) is 60.6 Å². The van der Waals surface area contributed by atoms with Gasteiger partial charge in [0.05, 0.1) is 18.3 Å². The van der Waals surface area contributed by atoms with Gasteiger partial charge in [-0.05, 0) is 45.1 Å². The standard InChI is InChI=1S/C44H65NO12/c1-23(2)41-29(8)35(55-37(49)18-17-36(48)45-38-32(46)15-16-33(38)47)22-44(53,57-41)31(10)40(51)30(9)42-34(54-11)14-12-13-24(3)19-26(5)39(50)27(6)20-25(4)21-28(7)43(52)56-42/h12-14,17-18,20-21,23,26-27,29-31,34-35,39-42,46,50-51,53H,15-16,19,22H2,1-11H3,(H,45,48)/b14-12-,18-17+,24-13-,25-20-,28-21-/t26-,27+,29-,30+,31+,34-,35-,39-,40-,41-,42+,44-/m0/s1. The zero-order valence-electron chi connectivity index (χ0n) is 35.4. The number of nitrogens with one attached hydrogen (secondary N) is 1. The molecule has 0 aromatic rings. The van der Waals surface area contributed by atoms with Crippen LogP contribution in [0.3, 0.4) is 0 Å². The monoisotopic (exact) mass is 799 g/mol. The maximum absolute atomic E-state index is 13.6. The van der Waals surface area contributed by atoms with Crippen molar-refractivity contribution in [3.63, 3.8) is 0 Å². The van der Waals surface area contributed by atoms with Crippen LogP contribution in [-0.4, -0.2) is 93.6 Å². The zero-order valence-corrected chi connectivity index (χ0v) is 35.4. The van der Waals surface area contributed by atoms with E-state index < -0.39 is 83.8 Å². The number of amides is 1. The maximum atomic E-state index is 13.6. The highest BCUT2D eigenvalue weighted by atomic mass is 16.6. The fraction of sp³-hybridized carbons (Fsp3) is 0.636. The van der Waals surface area contributed by atoms with Crippen molar-refractivity contribution >= 4 is 23.6 Å². The minimum Gasteiger partial charge on any atom is -0.510 e. The van der Waals surface area contributed by atoms with Gasteiger partial charge in [-0.2, -0.15) is 0 Å². The third kappa shape index (κ3) is 12.6. The van der Waals surface area contributed by atoms with Crippen LogP contribution in [0.2, 0.25) is 0 Å². The second-order valence-corrected chi connectivity index (χ2v) is 16.7. The number of allylic oxidation sites excluding steroid dienone is 7. The number of ether oxygens (including phenoxy) is 4. The van der Waals surface area contributed by atoms with Crippen molar-refractivity contribution in [1.82, 2.24) is 5.32 Å². The number of carbonyl (C=O) groups is 4. The lowest BCUT2D eigenvalue weighted by Gasteiger charge is -2.50. The molecular weight excluding hydrogens is 734 g/mol. The lowest BCUT2D eigenvalue weighted by Crippen LogP contribution is -2.59. The Balaban J connectivity index is 1.90. The molecule has 13 nitrogen and oxygen atoms in total. The van der Waals surface area contributed by atoms with Crippen LogP contribution in [0.4, 0.5) is 0 Å². The lowest BCUT2D eigenvalue weighted by atomic mass is 9.76. The van der Waals surface area contributed by atoms with Gasteiger partial charge in [0.1, 0.15) is 29.8 Å². The third-order valence-electron chi connectivity index (χ3n) is 11.5. The van der Waals surface area contributed by atoms with Crippen LogP contribution in [0, 0.1) is 35.5 Å². The number of aliphatic hydroxyl groups excluding tert-OH is 3. The second-order valence-electron chi connectivity index (χ2n) is 16.7. The van der Waals surface area contributed by atoms with Gasteiger partial charge in [0.25, 0.3) is 0 Å². The molecule has 0 saturated carbocycles. The highest BCUT2D eigenvalue weighted by Gasteiger charge is 2.53. The highest BCUT2D eigenvalue weighted by Crippen LogP contribution is 2.42. The van der Waals surface area contributed by atoms with Gasteiger partial charge in [0.15, 0.2) is 11.6 Å². The molecule has 0 unspecified atom stereocenters. The SMILES string of the molecule is CO[C@H]1/C=C\C=C(\C)C[C@H](C)[C@H](O)[C@H](C)/C=C(C)\C=C(\C)C(=O)O[C@@H]1[C@H](C)[C@H](O)[C@@H](C)[C@]1(O)C[C@H](OC(=O)/C=C/C(=O)NC2=C(O)CCC2=O)[C@H](C)[C@H](C(C)C)O1. The summed E-state index contributed by atoms with van der Waals surface area (Å²) in [6.07, 6.45) is 6.23. The molecule has 2 aliphatic heterocycles. The molecule has 1 saturated heterocycles. The van der Waals surface area contributed by atoms with Gasteiger partial charge in [-0.25, -0.2) is 9.59 Å². The van der Waals surface area contributed by atoms with Crippen LogP contribution >= 0.6 is 0 Å². The maximum Gasteiger partial charge on any atom is 0.334 e. The number of carbonyl (C=O) groups excluding carboxylic acids is 4. The predicted octanol–water partition coefficient (Wildman–Crippen LogP) is 5.46. The minimum absolute atomic E-state index is 0.0277. The summed E-state index contributed by atoms with van der Waals surface area (Å²) in [7, 11) is 1.47. The smallest absolute Gasteiger partial charge is 0.334 e. The third-order valence-corrected chi connectivity index (χ3v) is 11.5. The summed E-state index contributed by atoms with van der Waals surface area (Å²) in [5.41, 5.74) is 1.91. The number of methoxy groups -OCH3 is 1. The molecule has 1 aliphatic carbocycles. The summed E-state index contributed by atoms with van der Waals surface area (Å²) < 4.78 is 24.1. The normalized spacial score (nSPS) is 35.9. The second kappa shape index (κ2) is 20.7. The number of hydrogen-bond acceptors (Lipinski definition) is 12. The van der Waals surface area contributed by atoms with Crippen LogP contribution < -0.4 is 5.32 Å². The van der Waals surface area contributed by atoms with Gasteiger partial charge in [-0.1, -0.05) is 83.9 Å². The van der Waals surface area contributed by atoms with Crippen molar-refractivity contribution in [1.29, 1.82) is 0 Å². The van der Waals surface area contributed by atoms with E-state index in [2.05, 4.69) is 5.32 Å². The molecular formula is C44H65NO12. The topological polar surface area (TPSA) is 198 Å². The first-order valence-electron chi connectivity index (χ1n) is 20.0. The van der Waals surface area contributed by atoms with Crippen LogP contribution in [0.25, 0.3) is 0 Å². The lowest BCUT2D eigenvalue weighted by molar-refractivity contribution is -0.329. The van der Waals surface area contributed by atoms with Gasteiger partial charge in [-0.3, -0.25) is 9.59 Å². The minimum atomic E-state index is -2.01. The van der Waals surface area contributed by atoms with Crippen molar-refractivity contribution in [3.05, 3.63) is 70.7 Å². The van der Waals surface area contributed by atoms with E-state index >= 15 is 0 Å². The number of Topliss-reactive ketones (excluding diaryl/α,β-unsaturated/α-hetero) is 1. The number of hydrogen-bond donors (Lipinski definition) is 5. The van der Waals surface area contributed by atoms with E-state index in [4.69, 9.17) is 18.9 Å². The summed E-state index contributed by atoms with van der Waals surface area (Å²) in [5.74, 6) is -7.52. The molecule has 3 rings (SSSR count). The molecule has 12 atom stereocenters. The average molecular weight is 800 g/mol. The molecule has 1 fully saturated rings. The first-order chi connectivity index (χ1) is 26.6. The number of ketones is 1. The number of rotatable bonds is 10. The van der Waals surface area contributed by atoms with Gasteiger partial charge in [-0.15, -0.1) is 0 Å². The Morgan fingerprint density at radius 3 is 2.30 bits per heavy atom. The predicted molar refractivity (Wildman–Crippen MR) is 214 cm³/mol. The highest BCUT2D eigenvalue weighted by molar-refractivity contribution is 6.04. The molecule has 2 heterocycles. The van der Waals surface area contributed by atoms with E-state index in [9.17, 15) is 39.6 Å². The Kier molecular flexibility index (Phi) is 17.2. The van der Waals surface area contributed by atoms with Crippen molar-refractivity contribution in [2.45, 2.75) is 137 Å². The Morgan fingerprint density at radius 1 is 1.04 bits per heavy atom. The number of aliphatic hydroxyl groups is 4. The molecule has 5 N–H and O–H groups in total. The van der Waals surface area contributed by atoms with Crippen LogP contribution in [0.15, 0.2) is 70.7 Å². The molecule has 13 heteroatoms. The van der Waals surface area contributed by atoms with E-state index in [1.54, 1.807) is 39.0 Å². The summed E-state index contributed by atoms with van der Waals surface area (Å²) >= 11 is 0. The number of esters is 2. The number of cyclic esters (lactones) is 1. The molecule has 0 bridgehead atoms. The van der Waals surface area contributed by atoms with Gasteiger partial charge in [0.2, 0.25) is 5.91 Å². The van der Waals surface area contributed by atoms with Crippen LogP contribution in [0.1, 0.15) is 94.9 Å². The quantitative estimate of drug-likeness (QED) is 0.138. The van der Waals surface area contributed by atoms with Gasteiger partial charge >= 0.3 is 11.9 Å². The first kappa shape index (κ1) is 47.5.